The van der Waals surface area contributed by atoms with Crippen LogP contribution in [-0.4, -0.2) is 26.0 Å². The van der Waals surface area contributed by atoms with Crippen LogP contribution >= 0.6 is 0 Å². The van der Waals surface area contributed by atoms with Gasteiger partial charge >= 0.3 is 6.01 Å². The number of ketones is 1. The van der Waals surface area contributed by atoms with Crippen LogP contribution in [0.3, 0.4) is 0 Å². The molecule has 0 unspecified atom stereocenters. The zero-order valence-electron chi connectivity index (χ0n) is 9.41. The predicted molar refractivity (Wildman–Crippen MR) is 59.7 cm³/mol. The average molecular weight is 233 g/mol. The summed E-state index contributed by atoms with van der Waals surface area (Å²) in [7, 11) is 1.64. The molecule has 0 saturated carbocycles. The number of anilines is 1. The zero-order valence-corrected chi connectivity index (χ0v) is 9.41. The van der Waals surface area contributed by atoms with Crippen molar-refractivity contribution in [1.82, 2.24) is 20.2 Å². The van der Waals surface area contributed by atoms with Gasteiger partial charge in [-0.1, -0.05) is 5.10 Å². The molecule has 7 heteroatoms. The van der Waals surface area contributed by atoms with Gasteiger partial charge in [-0.2, -0.15) is 4.68 Å². The summed E-state index contributed by atoms with van der Waals surface area (Å²) in [5.74, 6) is 0.243. The van der Waals surface area contributed by atoms with Crippen LogP contribution in [0.2, 0.25) is 0 Å². The number of hydrogen-bond acceptors (Lipinski definition) is 6. The molecule has 0 aliphatic rings. The number of ether oxygens (including phenoxy) is 1. The minimum Gasteiger partial charge on any atom is -0.423 e. The molecule has 1 aromatic heterocycles. The second-order valence-electron chi connectivity index (χ2n) is 3.50. The van der Waals surface area contributed by atoms with Gasteiger partial charge in [0.1, 0.15) is 5.75 Å². The normalized spacial score (nSPS) is 10.2. The Bertz CT molecular complexity index is 564. The maximum Gasteiger partial charge on any atom is 0.340 e. The number of tetrazole rings is 1. The maximum absolute atomic E-state index is 11.4. The Morgan fingerprint density at radius 3 is 2.82 bits per heavy atom. The highest BCUT2D eigenvalue weighted by atomic mass is 16.5. The number of carbonyl (C=O) groups excluding carboxylic acids is 1. The molecule has 1 aromatic carbocycles. The topological polar surface area (TPSA) is 95.9 Å². The fraction of sp³-hybridized carbons (Fsp3) is 0.200. The Balaban J connectivity index is 2.39. The number of nitrogen functional groups attached to an aromatic ring is 1. The molecular formula is C10H11N5O2. The van der Waals surface area contributed by atoms with Gasteiger partial charge in [0, 0.05) is 12.7 Å². The first-order valence-electron chi connectivity index (χ1n) is 4.88. The third-order valence-electron chi connectivity index (χ3n) is 2.17. The third kappa shape index (κ3) is 2.22. The highest BCUT2D eigenvalue weighted by molar-refractivity contribution is 5.97. The van der Waals surface area contributed by atoms with E-state index in [1.807, 2.05) is 0 Å². The number of benzene rings is 1. The number of aromatic nitrogens is 4. The quantitative estimate of drug-likeness (QED) is 0.621. The smallest absolute Gasteiger partial charge is 0.340 e. The van der Waals surface area contributed by atoms with Crippen molar-refractivity contribution in [3.05, 3.63) is 23.8 Å². The number of carbonyl (C=O) groups is 1. The van der Waals surface area contributed by atoms with E-state index in [4.69, 9.17) is 10.5 Å². The van der Waals surface area contributed by atoms with Gasteiger partial charge in [0.2, 0.25) is 0 Å². The Kier molecular flexibility index (Phi) is 2.73. The van der Waals surface area contributed by atoms with Crippen molar-refractivity contribution in [1.29, 1.82) is 0 Å². The molecule has 17 heavy (non-hydrogen) atoms. The summed E-state index contributed by atoms with van der Waals surface area (Å²) in [5.41, 5.74) is 6.51. The van der Waals surface area contributed by atoms with E-state index in [0.717, 1.165) is 0 Å². The lowest BCUT2D eigenvalue weighted by Crippen LogP contribution is -2.02. The maximum atomic E-state index is 11.4. The molecule has 2 N–H and O–H groups in total. The first kappa shape index (κ1) is 11.1. The minimum atomic E-state index is -0.137. The fourth-order valence-corrected chi connectivity index (χ4v) is 1.32. The Labute approximate surface area is 97.2 Å². The van der Waals surface area contributed by atoms with E-state index >= 15 is 0 Å². The van der Waals surface area contributed by atoms with Crippen LogP contribution in [-0.2, 0) is 7.05 Å². The van der Waals surface area contributed by atoms with Crippen molar-refractivity contribution in [2.24, 2.45) is 7.05 Å². The second-order valence-corrected chi connectivity index (χ2v) is 3.50. The van der Waals surface area contributed by atoms with Crippen molar-refractivity contribution in [2.75, 3.05) is 5.73 Å². The number of hydrogen-bond donors (Lipinski definition) is 1. The SMILES string of the molecule is CC(=O)c1cc(N)ccc1Oc1nnnn1C. The van der Waals surface area contributed by atoms with Crippen LogP contribution < -0.4 is 10.5 Å². The minimum absolute atomic E-state index is 0.137. The second kappa shape index (κ2) is 4.20. The Morgan fingerprint density at radius 1 is 1.47 bits per heavy atom. The van der Waals surface area contributed by atoms with Crippen molar-refractivity contribution in [3.63, 3.8) is 0 Å². The zero-order chi connectivity index (χ0) is 12.4. The summed E-state index contributed by atoms with van der Waals surface area (Å²) in [6.07, 6.45) is 0. The summed E-state index contributed by atoms with van der Waals surface area (Å²) in [6, 6.07) is 5.02. The fourth-order valence-electron chi connectivity index (χ4n) is 1.32. The molecule has 7 nitrogen and oxygen atoms in total. The van der Waals surface area contributed by atoms with Gasteiger partial charge in [0.15, 0.2) is 5.78 Å². The highest BCUT2D eigenvalue weighted by Gasteiger charge is 2.12. The largest absolute Gasteiger partial charge is 0.423 e. The monoisotopic (exact) mass is 233 g/mol. The summed E-state index contributed by atoms with van der Waals surface area (Å²) in [6.45, 7) is 1.44. The van der Waals surface area contributed by atoms with Crippen LogP contribution in [0.15, 0.2) is 18.2 Å². The van der Waals surface area contributed by atoms with Gasteiger partial charge < -0.3 is 10.5 Å². The van der Waals surface area contributed by atoms with Crippen LogP contribution in [0.4, 0.5) is 5.69 Å². The van der Waals surface area contributed by atoms with E-state index in [9.17, 15) is 4.79 Å². The van der Waals surface area contributed by atoms with E-state index in [1.165, 1.54) is 11.6 Å². The molecule has 0 fully saturated rings. The number of nitrogens with zero attached hydrogens (tertiary/aromatic N) is 4. The number of nitrogens with two attached hydrogens (primary N) is 1. The summed E-state index contributed by atoms with van der Waals surface area (Å²) in [5, 5.41) is 10.7. The molecule has 88 valence electrons. The van der Waals surface area contributed by atoms with Gasteiger partial charge in [0.25, 0.3) is 0 Å². The first-order valence-corrected chi connectivity index (χ1v) is 4.88. The molecule has 0 aliphatic carbocycles. The summed E-state index contributed by atoms with van der Waals surface area (Å²) < 4.78 is 6.81. The average Bonchev–Trinajstić information content (AvgIpc) is 2.67. The first-order chi connectivity index (χ1) is 8.08. The van der Waals surface area contributed by atoms with Crippen LogP contribution in [0, 0.1) is 0 Å². The summed E-state index contributed by atoms with van der Waals surface area (Å²) >= 11 is 0. The molecule has 0 aliphatic heterocycles. The molecule has 0 atom stereocenters. The van der Waals surface area contributed by atoms with Crippen molar-refractivity contribution in [2.45, 2.75) is 6.92 Å². The molecule has 2 rings (SSSR count). The van der Waals surface area contributed by atoms with Crippen molar-refractivity contribution < 1.29 is 9.53 Å². The van der Waals surface area contributed by atoms with Crippen LogP contribution in [0.5, 0.6) is 11.8 Å². The molecule has 2 aromatic rings. The van der Waals surface area contributed by atoms with Gasteiger partial charge in [-0.15, -0.1) is 0 Å². The Hall–Kier alpha value is -2.44. The number of aryl methyl sites for hydroxylation is 1. The standard InChI is InChI=1S/C10H11N5O2/c1-6(16)8-5-7(11)3-4-9(8)17-10-12-13-14-15(10)2/h3-5H,11H2,1-2H3. The Morgan fingerprint density at radius 2 is 2.24 bits per heavy atom. The summed E-state index contributed by atoms with van der Waals surface area (Å²) in [4.78, 5) is 11.4. The lowest BCUT2D eigenvalue weighted by molar-refractivity contribution is 0.101. The molecule has 0 bridgehead atoms. The van der Waals surface area contributed by atoms with E-state index in [2.05, 4.69) is 15.5 Å². The molecule has 0 spiro atoms. The highest BCUT2D eigenvalue weighted by Crippen LogP contribution is 2.25. The van der Waals surface area contributed by atoms with E-state index in [0.29, 0.717) is 17.0 Å². The number of Topliss-reactive ketones (excluding diaryl/α,β-unsaturated/α-hetero) is 1. The molecule has 0 amide bonds. The van der Waals surface area contributed by atoms with E-state index in [1.54, 1.807) is 25.2 Å². The van der Waals surface area contributed by atoms with Gasteiger partial charge in [-0.25, -0.2) is 0 Å². The lowest BCUT2D eigenvalue weighted by Gasteiger charge is -2.07. The molecular weight excluding hydrogens is 222 g/mol. The van der Waals surface area contributed by atoms with Gasteiger partial charge in [-0.05, 0) is 35.5 Å². The van der Waals surface area contributed by atoms with Crippen molar-refractivity contribution >= 4 is 11.5 Å². The van der Waals surface area contributed by atoms with Crippen LogP contribution in [0.25, 0.3) is 0 Å². The van der Waals surface area contributed by atoms with Gasteiger partial charge in [-0.3, -0.25) is 4.79 Å². The van der Waals surface area contributed by atoms with Crippen molar-refractivity contribution in [3.8, 4) is 11.8 Å². The molecule has 1 heterocycles. The van der Waals surface area contributed by atoms with Crippen LogP contribution in [0.1, 0.15) is 17.3 Å². The number of rotatable bonds is 3. The molecule has 0 radical (unpaired) electrons. The predicted octanol–water partition coefficient (Wildman–Crippen LogP) is 0.787. The lowest BCUT2D eigenvalue weighted by atomic mass is 10.1. The van der Waals surface area contributed by atoms with E-state index in [-0.39, 0.29) is 11.8 Å². The van der Waals surface area contributed by atoms with Gasteiger partial charge in [0.05, 0.1) is 5.56 Å². The molecule has 0 saturated heterocycles. The van der Waals surface area contributed by atoms with E-state index < -0.39 is 0 Å². The third-order valence-corrected chi connectivity index (χ3v) is 2.17.